The second kappa shape index (κ2) is 10.8. The number of carbonyl (C=O) groups is 2. The summed E-state index contributed by atoms with van der Waals surface area (Å²) in [5.74, 6) is 0.302. The lowest BCUT2D eigenvalue weighted by atomic mass is 10.1. The number of rotatable bonds is 8. The SMILES string of the molecule is CCC(C(=O)Nc1cc(OC)ccc1OC)n1cnc2sc(C(=O)Nc3ccccc3C)c(C)c2c1=O. The minimum atomic E-state index is -0.830. The summed E-state index contributed by atoms with van der Waals surface area (Å²) in [4.78, 5) is 45.1. The molecule has 4 rings (SSSR count). The number of ether oxygens (including phenoxy) is 2. The lowest BCUT2D eigenvalue weighted by Crippen LogP contribution is -2.33. The number of hydrogen-bond donors (Lipinski definition) is 2. The first-order valence-electron chi connectivity index (χ1n) is 11.7. The number of amides is 2. The second-order valence-electron chi connectivity index (χ2n) is 8.44. The van der Waals surface area contributed by atoms with Gasteiger partial charge in [0, 0.05) is 11.8 Å². The van der Waals surface area contributed by atoms with Crippen LogP contribution in [-0.2, 0) is 4.79 Å². The van der Waals surface area contributed by atoms with Gasteiger partial charge in [-0.15, -0.1) is 11.3 Å². The molecule has 10 heteroatoms. The first-order chi connectivity index (χ1) is 17.8. The Morgan fingerprint density at radius 2 is 1.81 bits per heavy atom. The fraction of sp³-hybridized carbons (Fsp3) is 0.259. The van der Waals surface area contributed by atoms with E-state index in [4.69, 9.17) is 9.47 Å². The predicted molar refractivity (Wildman–Crippen MR) is 145 cm³/mol. The maximum Gasteiger partial charge on any atom is 0.266 e. The summed E-state index contributed by atoms with van der Waals surface area (Å²) < 4.78 is 11.9. The Labute approximate surface area is 218 Å². The lowest BCUT2D eigenvalue weighted by Gasteiger charge is -2.19. The number of methoxy groups -OCH3 is 2. The highest BCUT2D eigenvalue weighted by Gasteiger charge is 2.25. The van der Waals surface area contributed by atoms with Crippen molar-refractivity contribution in [3.8, 4) is 11.5 Å². The molecule has 0 aliphatic carbocycles. The number of thiophene rings is 1. The molecule has 2 aromatic heterocycles. The summed E-state index contributed by atoms with van der Waals surface area (Å²) in [6.07, 6.45) is 1.70. The number of fused-ring (bicyclic) bond motifs is 1. The molecule has 2 N–H and O–H groups in total. The molecule has 0 saturated heterocycles. The van der Waals surface area contributed by atoms with Crippen molar-refractivity contribution in [2.45, 2.75) is 33.2 Å². The number of anilines is 2. The Balaban J connectivity index is 1.67. The van der Waals surface area contributed by atoms with Gasteiger partial charge in [-0.3, -0.25) is 19.0 Å². The standard InChI is InChI=1S/C27H28N4O5S/c1-6-20(24(32)30-19-13-17(35-4)11-12-21(19)36-5)31-14-28-26-22(27(31)34)16(3)23(37-26)25(33)29-18-10-8-7-9-15(18)2/h7-14,20H,6H2,1-5H3,(H,29,33)(H,30,32). The molecule has 2 aromatic carbocycles. The summed E-state index contributed by atoms with van der Waals surface area (Å²) in [7, 11) is 3.03. The van der Waals surface area contributed by atoms with Crippen molar-refractivity contribution >= 4 is 44.7 Å². The fourth-order valence-corrected chi connectivity index (χ4v) is 5.14. The highest BCUT2D eigenvalue weighted by molar-refractivity contribution is 7.20. The van der Waals surface area contributed by atoms with Gasteiger partial charge in [0.25, 0.3) is 11.5 Å². The molecule has 0 spiro atoms. The zero-order valence-electron chi connectivity index (χ0n) is 21.2. The van der Waals surface area contributed by atoms with Gasteiger partial charge in [-0.1, -0.05) is 25.1 Å². The Kier molecular flexibility index (Phi) is 7.58. The van der Waals surface area contributed by atoms with E-state index < -0.39 is 11.9 Å². The van der Waals surface area contributed by atoms with Crippen LogP contribution >= 0.6 is 11.3 Å². The van der Waals surface area contributed by atoms with Crippen molar-refractivity contribution < 1.29 is 19.1 Å². The maximum atomic E-state index is 13.6. The second-order valence-corrected chi connectivity index (χ2v) is 9.44. The predicted octanol–water partition coefficient (Wildman–Crippen LogP) is 4.93. The molecule has 9 nitrogen and oxygen atoms in total. The van der Waals surface area contributed by atoms with Crippen LogP contribution in [0.2, 0.25) is 0 Å². The Bertz CT molecular complexity index is 1540. The van der Waals surface area contributed by atoms with Crippen LogP contribution in [0.15, 0.2) is 53.6 Å². The Morgan fingerprint density at radius 3 is 2.49 bits per heavy atom. The Hall–Kier alpha value is -4.18. The number of carbonyl (C=O) groups excluding carboxylic acids is 2. The molecular weight excluding hydrogens is 492 g/mol. The maximum absolute atomic E-state index is 13.6. The molecule has 0 aliphatic rings. The number of aromatic nitrogens is 2. The largest absolute Gasteiger partial charge is 0.497 e. The lowest BCUT2D eigenvalue weighted by molar-refractivity contribution is -0.119. The van der Waals surface area contributed by atoms with Crippen molar-refractivity contribution in [1.82, 2.24) is 9.55 Å². The molecular formula is C27H28N4O5S. The summed E-state index contributed by atoms with van der Waals surface area (Å²) in [5.41, 5.74) is 2.20. The first kappa shape index (κ1) is 25.9. The molecule has 4 aromatic rings. The van der Waals surface area contributed by atoms with Crippen LogP contribution in [0.5, 0.6) is 11.5 Å². The molecule has 2 amide bonds. The molecule has 0 radical (unpaired) electrons. The van der Waals surface area contributed by atoms with Gasteiger partial charge >= 0.3 is 0 Å². The van der Waals surface area contributed by atoms with Crippen molar-refractivity contribution in [1.29, 1.82) is 0 Å². The van der Waals surface area contributed by atoms with E-state index in [2.05, 4.69) is 15.6 Å². The van der Waals surface area contributed by atoms with Crippen molar-refractivity contribution in [2.24, 2.45) is 0 Å². The van der Waals surface area contributed by atoms with Gasteiger partial charge in [0.15, 0.2) is 0 Å². The van der Waals surface area contributed by atoms with Gasteiger partial charge in [0.05, 0.1) is 36.5 Å². The fourth-order valence-electron chi connectivity index (χ4n) is 4.10. The Morgan fingerprint density at radius 1 is 1.05 bits per heavy atom. The van der Waals surface area contributed by atoms with Crippen LogP contribution < -0.4 is 25.7 Å². The van der Waals surface area contributed by atoms with Gasteiger partial charge in [-0.05, 0) is 49.6 Å². The third-order valence-electron chi connectivity index (χ3n) is 6.17. The van der Waals surface area contributed by atoms with Crippen molar-refractivity contribution in [2.75, 3.05) is 24.9 Å². The van der Waals surface area contributed by atoms with E-state index in [0.29, 0.717) is 50.0 Å². The summed E-state index contributed by atoms with van der Waals surface area (Å²) in [5, 5.41) is 6.08. The highest BCUT2D eigenvalue weighted by atomic mass is 32.1. The van der Waals surface area contributed by atoms with E-state index in [1.165, 1.54) is 25.1 Å². The smallest absolute Gasteiger partial charge is 0.266 e. The summed E-state index contributed by atoms with van der Waals surface area (Å²) in [6.45, 7) is 5.44. The van der Waals surface area contributed by atoms with E-state index >= 15 is 0 Å². The zero-order chi connectivity index (χ0) is 26.7. The van der Waals surface area contributed by atoms with Crippen LogP contribution in [0, 0.1) is 13.8 Å². The number of aryl methyl sites for hydroxylation is 2. The molecule has 37 heavy (non-hydrogen) atoms. The zero-order valence-corrected chi connectivity index (χ0v) is 22.1. The average molecular weight is 521 g/mol. The normalized spacial score (nSPS) is 11.7. The average Bonchev–Trinajstić information content (AvgIpc) is 3.24. The number of nitrogens with zero attached hydrogens (tertiary/aromatic N) is 2. The van der Waals surface area contributed by atoms with E-state index in [1.807, 2.05) is 38.1 Å². The minimum Gasteiger partial charge on any atom is -0.497 e. The number of nitrogens with one attached hydrogen (secondary N) is 2. The quantitative estimate of drug-likeness (QED) is 0.341. The monoisotopic (exact) mass is 520 g/mol. The molecule has 1 unspecified atom stereocenters. The van der Waals surface area contributed by atoms with Crippen LogP contribution in [0.3, 0.4) is 0 Å². The number of para-hydroxylation sites is 1. The molecule has 0 aliphatic heterocycles. The van der Waals surface area contributed by atoms with E-state index in [-0.39, 0.29) is 11.5 Å². The molecule has 192 valence electrons. The van der Waals surface area contributed by atoms with E-state index in [0.717, 1.165) is 16.9 Å². The van der Waals surface area contributed by atoms with Crippen molar-refractivity contribution in [3.05, 3.63) is 75.1 Å². The van der Waals surface area contributed by atoms with Crippen LogP contribution in [0.25, 0.3) is 10.2 Å². The topological polar surface area (TPSA) is 112 Å². The van der Waals surface area contributed by atoms with Crippen LogP contribution in [0.1, 0.15) is 40.2 Å². The van der Waals surface area contributed by atoms with Gasteiger partial charge in [-0.25, -0.2) is 4.98 Å². The van der Waals surface area contributed by atoms with Crippen molar-refractivity contribution in [3.63, 3.8) is 0 Å². The highest BCUT2D eigenvalue weighted by Crippen LogP contribution is 2.31. The first-order valence-corrected chi connectivity index (χ1v) is 12.5. The van der Waals surface area contributed by atoms with Crippen LogP contribution in [-0.4, -0.2) is 35.6 Å². The molecule has 2 heterocycles. The molecule has 1 atom stereocenters. The molecule has 0 saturated carbocycles. The summed E-state index contributed by atoms with van der Waals surface area (Å²) in [6, 6.07) is 11.7. The minimum absolute atomic E-state index is 0.310. The van der Waals surface area contributed by atoms with Gasteiger partial charge in [0.2, 0.25) is 5.91 Å². The van der Waals surface area contributed by atoms with Gasteiger partial charge in [0.1, 0.15) is 22.4 Å². The summed E-state index contributed by atoms with van der Waals surface area (Å²) >= 11 is 1.15. The van der Waals surface area contributed by atoms with Gasteiger partial charge < -0.3 is 20.1 Å². The third kappa shape index (κ3) is 5.05. The molecule has 0 bridgehead atoms. The van der Waals surface area contributed by atoms with E-state index in [9.17, 15) is 14.4 Å². The number of hydrogen-bond acceptors (Lipinski definition) is 7. The third-order valence-corrected chi connectivity index (χ3v) is 7.36. The number of benzene rings is 2. The van der Waals surface area contributed by atoms with Crippen LogP contribution in [0.4, 0.5) is 11.4 Å². The molecule has 0 fully saturated rings. The van der Waals surface area contributed by atoms with Gasteiger partial charge in [-0.2, -0.15) is 0 Å². The van der Waals surface area contributed by atoms with E-state index in [1.54, 1.807) is 25.1 Å².